The van der Waals surface area contributed by atoms with Crippen LogP contribution >= 0.6 is 0 Å². The number of phenols is 2. The fraction of sp³-hybridized carbons (Fsp3) is 0.0588. The van der Waals surface area contributed by atoms with Crippen LogP contribution in [0.15, 0.2) is 121 Å². The van der Waals surface area contributed by atoms with E-state index in [0.29, 0.717) is 16.9 Å². The van der Waals surface area contributed by atoms with Crippen LogP contribution in [0.4, 0.5) is 28.4 Å². The van der Waals surface area contributed by atoms with Crippen molar-refractivity contribution in [2.75, 3.05) is 20.0 Å². The fourth-order valence-corrected chi connectivity index (χ4v) is 6.82. The molecule has 0 saturated heterocycles. The topological polar surface area (TPSA) is 243 Å². The van der Waals surface area contributed by atoms with E-state index in [1.807, 2.05) is 0 Å². The average molecular weight is 730 g/mol. The van der Waals surface area contributed by atoms with Crippen LogP contribution < -0.4 is 15.2 Å². The minimum atomic E-state index is -4.65. The molecule has 0 atom stereocenters. The van der Waals surface area contributed by atoms with Gasteiger partial charge in [0.15, 0.2) is 11.5 Å². The first kappa shape index (κ1) is 34.7. The average Bonchev–Trinajstić information content (AvgIpc) is 3.10. The first-order valence-corrected chi connectivity index (χ1v) is 17.5. The van der Waals surface area contributed by atoms with Gasteiger partial charge in [-0.05, 0) is 59.7 Å². The molecule has 0 unspecified atom stereocenters. The second-order valence-corrected chi connectivity index (χ2v) is 13.7. The molecule has 0 aliphatic rings. The van der Waals surface area contributed by atoms with Crippen molar-refractivity contribution < 1.29 is 45.6 Å². The zero-order valence-corrected chi connectivity index (χ0v) is 28.2. The van der Waals surface area contributed by atoms with E-state index in [2.05, 4.69) is 20.5 Å². The Kier molecular flexibility index (Phi) is 9.05. The lowest BCUT2D eigenvalue weighted by molar-refractivity contribution is 0.415. The Morgan fingerprint density at radius 2 is 1.06 bits per heavy atom. The molecule has 0 aliphatic heterocycles. The standard InChI is InChI=1S/C34H27N5O10S2/c1-48-28-15-18(7-11-24(28)36-38-26-13-9-22-30(50(42,43)44)14-10-23(35)32(22)34(26)41)19-8-12-25(29(16-19)49-2)37-39-27-17-31(51(45,46)47)20-5-3-4-6-21(20)33(27)40/h3-17,40-41H,35H2,1-2H3,(H,42,43,44)(H,45,46,47). The number of fused-ring (bicyclic) bond motifs is 2. The van der Waals surface area contributed by atoms with Crippen molar-refractivity contribution in [2.45, 2.75) is 9.79 Å². The largest absolute Gasteiger partial charge is 0.505 e. The van der Waals surface area contributed by atoms with Crippen molar-refractivity contribution in [2.24, 2.45) is 20.5 Å². The van der Waals surface area contributed by atoms with E-state index >= 15 is 0 Å². The highest BCUT2D eigenvalue weighted by Gasteiger charge is 2.21. The van der Waals surface area contributed by atoms with E-state index in [1.54, 1.807) is 48.5 Å². The normalized spacial score (nSPS) is 12.3. The number of nitrogens with two attached hydrogens (primary N) is 1. The van der Waals surface area contributed by atoms with Crippen LogP contribution in [-0.2, 0) is 20.2 Å². The first-order chi connectivity index (χ1) is 24.2. The Bertz CT molecular complexity index is 2660. The fourth-order valence-electron chi connectivity index (χ4n) is 5.42. The van der Waals surface area contributed by atoms with Crippen molar-refractivity contribution in [1.82, 2.24) is 0 Å². The van der Waals surface area contributed by atoms with Crippen LogP contribution in [0.3, 0.4) is 0 Å². The van der Waals surface area contributed by atoms with E-state index in [0.717, 1.165) is 12.1 Å². The highest BCUT2D eigenvalue weighted by Crippen LogP contribution is 2.44. The van der Waals surface area contributed by atoms with Crippen molar-refractivity contribution in [3.8, 4) is 34.1 Å². The quantitative estimate of drug-likeness (QED) is 0.0542. The summed E-state index contributed by atoms with van der Waals surface area (Å²) in [5.41, 5.74) is 7.74. The van der Waals surface area contributed by atoms with Crippen LogP contribution in [0.5, 0.6) is 23.0 Å². The number of methoxy groups -OCH3 is 2. The number of anilines is 1. The number of phenolic OH excluding ortho intramolecular Hbond substituents is 2. The molecule has 51 heavy (non-hydrogen) atoms. The molecule has 6 rings (SSSR count). The number of nitrogens with zero attached hydrogens (tertiary/aromatic N) is 4. The first-order valence-electron chi connectivity index (χ1n) is 14.6. The molecule has 0 aromatic heterocycles. The van der Waals surface area contributed by atoms with Crippen molar-refractivity contribution >= 4 is 70.2 Å². The maximum absolute atomic E-state index is 12.1. The molecule has 0 fully saturated rings. The molecular weight excluding hydrogens is 703 g/mol. The lowest BCUT2D eigenvalue weighted by Gasteiger charge is -2.11. The second kappa shape index (κ2) is 13.3. The number of hydrogen-bond donors (Lipinski definition) is 5. The van der Waals surface area contributed by atoms with E-state index < -0.39 is 35.8 Å². The summed E-state index contributed by atoms with van der Waals surface area (Å²) in [6.45, 7) is 0. The van der Waals surface area contributed by atoms with Gasteiger partial charge in [-0.3, -0.25) is 9.11 Å². The maximum Gasteiger partial charge on any atom is 0.295 e. The molecule has 6 aromatic carbocycles. The predicted molar refractivity (Wildman–Crippen MR) is 189 cm³/mol. The monoisotopic (exact) mass is 729 g/mol. The smallest absolute Gasteiger partial charge is 0.295 e. The highest BCUT2D eigenvalue weighted by atomic mass is 32.2. The van der Waals surface area contributed by atoms with E-state index in [4.69, 9.17) is 15.2 Å². The summed E-state index contributed by atoms with van der Waals surface area (Å²) in [6, 6.07) is 22.2. The molecule has 0 heterocycles. The Labute approximate surface area is 290 Å². The van der Waals surface area contributed by atoms with Crippen molar-refractivity contribution in [1.29, 1.82) is 0 Å². The van der Waals surface area contributed by atoms with Gasteiger partial charge >= 0.3 is 0 Å². The van der Waals surface area contributed by atoms with Gasteiger partial charge in [0.05, 0.1) is 19.6 Å². The number of benzene rings is 6. The number of hydrogen-bond acceptors (Lipinski definition) is 13. The second-order valence-electron chi connectivity index (χ2n) is 10.9. The lowest BCUT2D eigenvalue weighted by Crippen LogP contribution is -2.00. The van der Waals surface area contributed by atoms with Crippen molar-refractivity contribution in [3.05, 3.63) is 91.0 Å². The summed E-state index contributed by atoms with van der Waals surface area (Å²) in [6.07, 6.45) is 0. The summed E-state index contributed by atoms with van der Waals surface area (Å²) >= 11 is 0. The number of nitrogen functional groups attached to an aromatic ring is 1. The molecule has 15 nitrogen and oxygen atoms in total. The van der Waals surface area contributed by atoms with Crippen LogP contribution in [0.25, 0.3) is 32.7 Å². The van der Waals surface area contributed by atoms with Gasteiger partial charge in [0.1, 0.15) is 44.0 Å². The number of azo groups is 2. The van der Waals surface area contributed by atoms with Gasteiger partial charge in [0.25, 0.3) is 20.2 Å². The molecule has 0 radical (unpaired) electrons. The molecule has 6 aromatic rings. The van der Waals surface area contributed by atoms with Gasteiger partial charge in [0.2, 0.25) is 0 Å². The van der Waals surface area contributed by atoms with E-state index in [9.17, 15) is 36.2 Å². The van der Waals surface area contributed by atoms with Gasteiger partial charge in [0, 0.05) is 21.8 Å². The number of ether oxygens (including phenoxy) is 2. The van der Waals surface area contributed by atoms with Crippen LogP contribution in [0.2, 0.25) is 0 Å². The molecule has 0 amide bonds. The van der Waals surface area contributed by atoms with E-state index in [-0.39, 0.29) is 61.5 Å². The lowest BCUT2D eigenvalue weighted by atomic mass is 10.0. The Balaban J connectivity index is 1.31. The number of rotatable bonds is 9. The molecule has 0 aliphatic carbocycles. The molecule has 0 bridgehead atoms. The van der Waals surface area contributed by atoms with Gasteiger partial charge in [-0.2, -0.15) is 16.8 Å². The minimum absolute atomic E-state index is 0.0110. The number of aromatic hydroxyl groups is 2. The zero-order valence-electron chi connectivity index (χ0n) is 26.6. The SMILES string of the molecule is COc1cc(-c2ccc(N=Nc3ccc4c(S(=O)(=O)O)ccc(N)c4c3O)c(OC)c2)ccc1N=Nc1cc(S(=O)(=O)O)c2ccccc2c1O. The molecule has 0 spiro atoms. The Morgan fingerprint density at radius 1 is 0.549 bits per heavy atom. The Morgan fingerprint density at radius 3 is 1.61 bits per heavy atom. The molecule has 6 N–H and O–H groups in total. The zero-order chi connectivity index (χ0) is 36.7. The van der Waals surface area contributed by atoms with Crippen LogP contribution in [0, 0.1) is 0 Å². The summed E-state index contributed by atoms with van der Waals surface area (Å²) in [5, 5.41) is 38.5. The summed E-state index contributed by atoms with van der Waals surface area (Å²) in [4.78, 5) is -0.855. The molecule has 0 saturated carbocycles. The Hall–Kier alpha value is -6.14. The van der Waals surface area contributed by atoms with Crippen LogP contribution in [-0.4, -0.2) is 50.4 Å². The molecule has 260 valence electrons. The van der Waals surface area contributed by atoms with E-state index in [1.165, 1.54) is 44.6 Å². The highest BCUT2D eigenvalue weighted by molar-refractivity contribution is 7.86. The summed E-state index contributed by atoms with van der Waals surface area (Å²) in [7, 11) is -6.38. The predicted octanol–water partition coefficient (Wildman–Crippen LogP) is 7.99. The summed E-state index contributed by atoms with van der Waals surface area (Å²) < 4.78 is 78.1. The van der Waals surface area contributed by atoms with Gasteiger partial charge in [-0.25, -0.2) is 0 Å². The molecule has 17 heteroatoms. The third kappa shape index (κ3) is 6.73. The third-order valence-corrected chi connectivity index (χ3v) is 9.67. The van der Waals surface area contributed by atoms with Crippen molar-refractivity contribution in [3.63, 3.8) is 0 Å². The summed E-state index contributed by atoms with van der Waals surface area (Å²) in [5.74, 6) is -0.159. The van der Waals surface area contributed by atoms with Crippen LogP contribution in [0.1, 0.15) is 0 Å². The minimum Gasteiger partial charge on any atom is -0.505 e. The van der Waals surface area contributed by atoms with Gasteiger partial charge in [-0.1, -0.05) is 42.5 Å². The molecular formula is C34H27N5O10S2. The van der Waals surface area contributed by atoms with Gasteiger partial charge < -0.3 is 25.4 Å². The van der Waals surface area contributed by atoms with Gasteiger partial charge in [-0.15, -0.1) is 20.5 Å². The maximum atomic E-state index is 12.1. The third-order valence-electron chi connectivity index (χ3n) is 7.86.